The molecule has 2 atom stereocenters. The van der Waals surface area contributed by atoms with Gasteiger partial charge in [-0.2, -0.15) is 4.31 Å². The zero-order chi connectivity index (χ0) is 19.6. The van der Waals surface area contributed by atoms with E-state index in [-0.39, 0.29) is 11.4 Å². The summed E-state index contributed by atoms with van der Waals surface area (Å²) in [5.74, 6) is -1.19. The Morgan fingerprint density at radius 2 is 1.85 bits per heavy atom. The molecule has 7 heteroatoms. The fourth-order valence-electron chi connectivity index (χ4n) is 3.21. The molecule has 142 valence electrons. The molecule has 0 aromatic heterocycles. The van der Waals surface area contributed by atoms with Crippen LogP contribution in [0.1, 0.15) is 17.0 Å². The maximum absolute atomic E-state index is 13.2. The fraction of sp³-hybridized carbons (Fsp3) is 0.250. The number of methoxy groups -OCH3 is 1. The molecule has 0 unspecified atom stereocenters. The summed E-state index contributed by atoms with van der Waals surface area (Å²) in [5.41, 5.74) is 1.74. The SMILES string of the molecule is COC(=O)[C@H](c1ccccc1I)[C@H]1C=CCN1S(=O)(=O)c1ccc(C)cc1. The molecule has 0 bridgehead atoms. The Labute approximate surface area is 173 Å². The van der Waals surface area contributed by atoms with Crippen LogP contribution in [0.5, 0.6) is 0 Å². The van der Waals surface area contributed by atoms with Crippen molar-refractivity contribution in [3.63, 3.8) is 0 Å². The lowest BCUT2D eigenvalue weighted by atomic mass is 9.92. The number of halogens is 1. The number of rotatable bonds is 5. The highest BCUT2D eigenvalue weighted by Gasteiger charge is 2.41. The molecule has 2 aromatic rings. The van der Waals surface area contributed by atoms with Gasteiger partial charge in [-0.25, -0.2) is 8.42 Å². The molecule has 3 rings (SSSR count). The third-order valence-corrected chi connectivity index (χ3v) is 7.48. The molecule has 0 spiro atoms. The maximum Gasteiger partial charge on any atom is 0.315 e. The van der Waals surface area contributed by atoms with E-state index >= 15 is 0 Å². The Morgan fingerprint density at radius 1 is 1.19 bits per heavy atom. The van der Waals surface area contributed by atoms with Crippen molar-refractivity contribution in [1.29, 1.82) is 0 Å². The number of ether oxygens (including phenoxy) is 1. The zero-order valence-corrected chi connectivity index (χ0v) is 18.0. The smallest absolute Gasteiger partial charge is 0.315 e. The molecule has 0 saturated carbocycles. The van der Waals surface area contributed by atoms with Crippen molar-refractivity contribution < 1.29 is 17.9 Å². The van der Waals surface area contributed by atoms with Crippen molar-refractivity contribution in [3.8, 4) is 0 Å². The molecule has 0 radical (unpaired) electrons. The highest BCUT2D eigenvalue weighted by molar-refractivity contribution is 14.1. The Hall–Kier alpha value is -1.71. The van der Waals surface area contributed by atoms with Crippen molar-refractivity contribution >= 4 is 38.6 Å². The summed E-state index contributed by atoms with van der Waals surface area (Å²) in [7, 11) is -2.43. The van der Waals surface area contributed by atoms with E-state index in [1.165, 1.54) is 11.4 Å². The predicted molar refractivity (Wildman–Crippen MR) is 112 cm³/mol. The standard InChI is InChI=1S/C20H20INO4S/c1-14-9-11-15(12-10-14)27(24,25)22-13-5-8-18(22)19(20(23)26-2)16-6-3-4-7-17(16)21/h3-12,18-19H,13H2,1-2H3/t18-,19-/m1/s1. The van der Waals surface area contributed by atoms with Crippen molar-refractivity contribution in [3.05, 3.63) is 75.4 Å². The molecule has 0 fully saturated rings. The van der Waals surface area contributed by atoms with Crippen LogP contribution < -0.4 is 0 Å². The summed E-state index contributed by atoms with van der Waals surface area (Å²) >= 11 is 2.16. The summed E-state index contributed by atoms with van der Waals surface area (Å²) in [5, 5.41) is 0. The Morgan fingerprint density at radius 3 is 2.48 bits per heavy atom. The van der Waals surface area contributed by atoms with E-state index in [2.05, 4.69) is 22.6 Å². The van der Waals surface area contributed by atoms with Gasteiger partial charge in [0.2, 0.25) is 10.0 Å². The minimum atomic E-state index is -3.75. The van der Waals surface area contributed by atoms with Crippen molar-refractivity contribution in [2.75, 3.05) is 13.7 Å². The number of nitrogens with zero attached hydrogens (tertiary/aromatic N) is 1. The normalized spacial score (nSPS) is 18.4. The topological polar surface area (TPSA) is 63.7 Å². The minimum Gasteiger partial charge on any atom is -0.468 e. The Bertz CT molecular complexity index is 970. The number of aryl methyl sites for hydroxylation is 1. The van der Waals surface area contributed by atoms with Crippen LogP contribution in [0.3, 0.4) is 0 Å². The molecule has 0 saturated heterocycles. The van der Waals surface area contributed by atoms with E-state index in [1.54, 1.807) is 36.4 Å². The van der Waals surface area contributed by atoms with E-state index in [4.69, 9.17) is 4.74 Å². The monoisotopic (exact) mass is 497 g/mol. The lowest BCUT2D eigenvalue weighted by Crippen LogP contribution is -2.42. The second-order valence-corrected chi connectivity index (χ2v) is 9.38. The van der Waals surface area contributed by atoms with Gasteiger partial charge in [-0.15, -0.1) is 0 Å². The molecular weight excluding hydrogens is 477 g/mol. The molecule has 1 aliphatic heterocycles. The molecule has 0 N–H and O–H groups in total. The molecule has 1 aliphatic rings. The first-order valence-electron chi connectivity index (χ1n) is 8.43. The van der Waals surface area contributed by atoms with E-state index in [0.29, 0.717) is 0 Å². The molecule has 27 heavy (non-hydrogen) atoms. The lowest BCUT2D eigenvalue weighted by Gasteiger charge is -2.30. The van der Waals surface area contributed by atoms with Gasteiger partial charge in [0.25, 0.3) is 0 Å². The number of carbonyl (C=O) groups is 1. The van der Waals surface area contributed by atoms with Gasteiger partial charge in [0.15, 0.2) is 0 Å². The van der Waals surface area contributed by atoms with Crippen LogP contribution in [0.2, 0.25) is 0 Å². The summed E-state index contributed by atoms with van der Waals surface area (Å²) in [6.07, 6.45) is 3.55. The number of hydrogen-bond donors (Lipinski definition) is 0. The van der Waals surface area contributed by atoms with Crippen molar-refractivity contribution in [2.45, 2.75) is 23.8 Å². The van der Waals surface area contributed by atoms with E-state index in [1.807, 2.05) is 31.2 Å². The highest BCUT2D eigenvalue weighted by atomic mass is 127. The van der Waals surface area contributed by atoms with Crippen LogP contribution in [0.25, 0.3) is 0 Å². The summed E-state index contributed by atoms with van der Waals surface area (Å²) in [6, 6.07) is 13.5. The minimum absolute atomic E-state index is 0.216. The predicted octanol–water partition coefficient (Wildman–Crippen LogP) is 3.49. The van der Waals surface area contributed by atoms with Gasteiger partial charge in [0.05, 0.1) is 18.0 Å². The van der Waals surface area contributed by atoms with Crippen molar-refractivity contribution in [1.82, 2.24) is 4.31 Å². The molecular formula is C20H20INO4S. The van der Waals surface area contributed by atoms with Gasteiger partial charge in [-0.3, -0.25) is 4.79 Å². The van der Waals surface area contributed by atoms with Crippen LogP contribution in [0, 0.1) is 10.5 Å². The van der Waals surface area contributed by atoms with Gasteiger partial charge < -0.3 is 4.74 Å². The van der Waals surface area contributed by atoms with Gasteiger partial charge in [-0.1, -0.05) is 48.0 Å². The van der Waals surface area contributed by atoms with Gasteiger partial charge in [-0.05, 0) is 53.3 Å². The number of sulfonamides is 1. The van der Waals surface area contributed by atoms with Crippen LogP contribution in [0.4, 0.5) is 0 Å². The second kappa shape index (κ2) is 8.12. The van der Waals surface area contributed by atoms with Crippen LogP contribution in [-0.2, 0) is 19.6 Å². The zero-order valence-electron chi connectivity index (χ0n) is 15.0. The second-order valence-electron chi connectivity index (χ2n) is 6.33. The quantitative estimate of drug-likeness (QED) is 0.361. The summed E-state index contributed by atoms with van der Waals surface area (Å²) in [6.45, 7) is 2.12. The number of esters is 1. The van der Waals surface area contributed by atoms with Gasteiger partial charge >= 0.3 is 5.97 Å². The van der Waals surface area contributed by atoms with E-state index in [9.17, 15) is 13.2 Å². The molecule has 1 heterocycles. The number of carbonyl (C=O) groups excluding carboxylic acids is 1. The van der Waals surface area contributed by atoms with E-state index < -0.39 is 28.0 Å². The van der Waals surface area contributed by atoms with Crippen LogP contribution in [0.15, 0.2) is 65.6 Å². The third-order valence-electron chi connectivity index (χ3n) is 4.62. The summed E-state index contributed by atoms with van der Waals surface area (Å²) in [4.78, 5) is 12.8. The van der Waals surface area contributed by atoms with Gasteiger partial charge in [0.1, 0.15) is 5.92 Å². The average Bonchev–Trinajstić information content (AvgIpc) is 3.14. The first-order chi connectivity index (χ1) is 12.9. The Balaban J connectivity index is 2.04. The Kier molecular flexibility index (Phi) is 6.02. The molecule has 2 aromatic carbocycles. The summed E-state index contributed by atoms with van der Waals surface area (Å²) < 4.78 is 33.7. The van der Waals surface area contributed by atoms with Crippen LogP contribution in [-0.4, -0.2) is 38.4 Å². The molecule has 5 nitrogen and oxygen atoms in total. The van der Waals surface area contributed by atoms with Crippen molar-refractivity contribution in [2.24, 2.45) is 0 Å². The largest absolute Gasteiger partial charge is 0.468 e. The van der Waals surface area contributed by atoms with Crippen LogP contribution >= 0.6 is 22.6 Å². The first kappa shape index (κ1) is 20.0. The maximum atomic E-state index is 13.2. The number of hydrogen-bond acceptors (Lipinski definition) is 4. The molecule has 0 amide bonds. The average molecular weight is 497 g/mol. The highest BCUT2D eigenvalue weighted by Crippen LogP contribution is 2.34. The first-order valence-corrected chi connectivity index (χ1v) is 11.0. The number of benzene rings is 2. The fourth-order valence-corrected chi connectivity index (χ4v) is 5.48. The third kappa shape index (κ3) is 3.95. The molecule has 0 aliphatic carbocycles. The van der Waals surface area contributed by atoms with E-state index in [0.717, 1.165) is 14.7 Å². The lowest BCUT2D eigenvalue weighted by molar-refractivity contribution is -0.143. The van der Waals surface area contributed by atoms with Gasteiger partial charge in [0, 0.05) is 10.1 Å².